The Kier molecular flexibility index (Phi) is 1.58. The third kappa shape index (κ3) is 1.15. The number of rotatable bonds is 1. The van der Waals surface area contributed by atoms with Gasteiger partial charge in [0.05, 0.1) is 0 Å². The van der Waals surface area contributed by atoms with E-state index in [1.165, 1.54) is 19.3 Å². The van der Waals surface area contributed by atoms with Crippen molar-refractivity contribution in [3.8, 4) is 0 Å². The molecule has 2 bridgehead atoms. The molecule has 1 saturated carbocycles. The number of nitrogens with zero attached hydrogens (tertiary/aromatic N) is 1. The Hall–Kier alpha value is -0.370. The highest BCUT2D eigenvalue weighted by Crippen LogP contribution is 2.45. The van der Waals surface area contributed by atoms with Crippen molar-refractivity contribution < 1.29 is 4.79 Å². The molecule has 3 fully saturated rings. The lowest BCUT2D eigenvalue weighted by Gasteiger charge is -2.34. The first kappa shape index (κ1) is 7.98. The zero-order valence-electron chi connectivity index (χ0n) is 8.20. The van der Waals surface area contributed by atoms with Crippen molar-refractivity contribution in [2.45, 2.75) is 57.2 Å². The van der Waals surface area contributed by atoms with Gasteiger partial charge in [0.15, 0.2) is 0 Å². The van der Waals surface area contributed by atoms with E-state index in [-0.39, 0.29) is 0 Å². The third-order valence-corrected chi connectivity index (χ3v) is 4.05. The first-order chi connectivity index (χ1) is 6.25. The second-order valence-electron chi connectivity index (χ2n) is 5.06. The number of Topliss-reactive ketones (excluding diaryl/α,β-unsaturated/α-hetero) is 1. The summed E-state index contributed by atoms with van der Waals surface area (Å²) in [4.78, 5) is 14.0. The van der Waals surface area contributed by atoms with E-state index in [1.807, 2.05) is 0 Å². The van der Waals surface area contributed by atoms with Crippen molar-refractivity contribution in [2.24, 2.45) is 5.92 Å². The topological polar surface area (TPSA) is 20.3 Å². The fourth-order valence-electron chi connectivity index (χ4n) is 3.26. The van der Waals surface area contributed by atoms with Gasteiger partial charge in [0.2, 0.25) is 0 Å². The summed E-state index contributed by atoms with van der Waals surface area (Å²) in [7, 11) is 0. The van der Waals surface area contributed by atoms with Crippen molar-refractivity contribution in [1.82, 2.24) is 4.90 Å². The highest BCUT2D eigenvalue weighted by atomic mass is 16.1. The molecule has 0 aromatic heterocycles. The van der Waals surface area contributed by atoms with E-state index in [1.54, 1.807) is 0 Å². The summed E-state index contributed by atoms with van der Waals surface area (Å²) in [5.74, 6) is 1.41. The van der Waals surface area contributed by atoms with E-state index in [2.05, 4.69) is 11.8 Å². The van der Waals surface area contributed by atoms with Crippen molar-refractivity contribution in [2.75, 3.05) is 0 Å². The molecule has 0 aromatic rings. The molecule has 2 nitrogen and oxygen atoms in total. The number of carbonyl (C=O) groups is 1. The van der Waals surface area contributed by atoms with E-state index in [0.29, 0.717) is 17.9 Å². The van der Waals surface area contributed by atoms with Crippen molar-refractivity contribution in [3.63, 3.8) is 0 Å². The van der Waals surface area contributed by atoms with Gasteiger partial charge in [0, 0.05) is 31.0 Å². The van der Waals surface area contributed by atoms with Crippen LogP contribution < -0.4 is 0 Å². The molecule has 3 aliphatic rings. The molecule has 0 amide bonds. The Balaban J connectivity index is 1.79. The van der Waals surface area contributed by atoms with E-state index in [4.69, 9.17) is 0 Å². The quantitative estimate of drug-likeness (QED) is 0.609. The number of piperidine rings is 1. The molecule has 4 atom stereocenters. The van der Waals surface area contributed by atoms with Gasteiger partial charge in [-0.25, -0.2) is 0 Å². The van der Waals surface area contributed by atoms with Gasteiger partial charge in [-0.1, -0.05) is 6.92 Å². The molecule has 1 aliphatic carbocycles. The first-order valence-electron chi connectivity index (χ1n) is 5.55. The maximum absolute atomic E-state index is 11.4. The van der Waals surface area contributed by atoms with Gasteiger partial charge < -0.3 is 0 Å². The summed E-state index contributed by atoms with van der Waals surface area (Å²) in [5, 5.41) is 0. The molecule has 72 valence electrons. The van der Waals surface area contributed by atoms with Gasteiger partial charge in [0.1, 0.15) is 5.78 Å². The summed E-state index contributed by atoms with van der Waals surface area (Å²) in [6.45, 7) is 2.33. The van der Waals surface area contributed by atoms with Crippen LogP contribution in [0.5, 0.6) is 0 Å². The highest BCUT2D eigenvalue weighted by Gasteiger charge is 2.49. The molecule has 2 heteroatoms. The Bertz CT molecular complexity index is 234. The molecular weight excluding hydrogens is 162 g/mol. The van der Waals surface area contributed by atoms with Crippen LogP contribution in [0.15, 0.2) is 0 Å². The van der Waals surface area contributed by atoms with Crippen LogP contribution in [0.4, 0.5) is 0 Å². The standard InChI is InChI=1S/C11H17NO/c1-7-4-11(7)12-8-2-3-9(12)6-10(13)5-8/h7-9,11H,2-6H2,1H3. The van der Waals surface area contributed by atoms with Gasteiger partial charge in [0.25, 0.3) is 0 Å². The van der Waals surface area contributed by atoms with Gasteiger partial charge in [-0.15, -0.1) is 0 Å². The Labute approximate surface area is 79.3 Å². The van der Waals surface area contributed by atoms with Gasteiger partial charge in [-0.05, 0) is 25.2 Å². The monoisotopic (exact) mass is 179 g/mol. The maximum Gasteiger partial charge on any atom is 0.136 e. The molecule has 4 unspecified atom stereocenters. The van der Waals surface area contributed by atoms with Crippen LogP contribution in [0, 0.1) is 5.92 Å². The zero-order valence-corrected chi connectivity index (χ0v) is 8.20. The number of fused-ring (bicyclic) bond motifs is 2. The van der Waals surface area contributed by atoms with Gasteiger partial charge in [-0.3, -0.25) is 9.69 Å². The Morgan fingerprint density at radius 2 is 1.77 bits per heavy atom. The van der Waals surface area contributed by atoms with Crippen LogP contribution in [0.25, 0.3) is 0 Å². The highest BCUT2D eigenvalue weighted by molar-refractivity contribution is 5.81. The largest absolute Gasteiger partial charge is 0.300 e. The lowest BCUT2D eigenvalue weighted by molar-refractivity contribution is -0.123. The minimum atomic E-state index is 0.511. The van der Waals surface area contributed by atoms with Crippen LogP contribution in [-0.4, -0.2) is 28.8 Å². The van der Waals surface area contributed by atoms with Crippen molar-refractivity contribution >= 4 is 5.78 Å². The van der Waals surface area contributed by atoms with Gasteiger partial charge >= 0.3 is 0 Å². The molecule has 13 heavy (non-hydrogen) atoms. The normalized spacial score (nSPS) is 49.8. The zero-order chi connectivity index (χ0) is 9.00. The molecule has 0 aromatic carbocycles. The van der Waals surface area contributed by atoms with Crippen LogP contribution >= 0.6 is 0 Å². The molecule has 2 saturated heterocycles. The molecule has 3 rings (SSSR count). The second kappa shape index (κ2) is 2.57. The predicted molar refractivity (Wildman–Crippen MR) is 50.5 cm³/mol. The fraction of sp³-hybridized carbons (Fsp3) is 0.909. The maximum atomic E-state index is 11.4. The molecule has 2 heterocycles. The van der Waals surface area contributed by atoms with Crippen molar-refractivity contribution in [1.29, 1.82) is 0 Å². The Morgan fingerprint density at radius 3 is 2.23 bits per heavy atom. The average molecular weight is 179 g/mol. The lowest BCUT2D eigenvalue weighted by Crippen LogP contribution is -2.44. The molecular formula is C11H17NO. The summed E-state index contributed by atoms with van der Waals surface area (Å²) in [6.07, 6.45) is 5.62. The second-order valence-corrected chi connectivity index (χ2v) is 5.06. The minimum Gasteiger partial charge on any atom is -0.300 e. The van der Waals surface area contributed by atoms with Crippen LogP contribution in [0.2, 0.25) is 0 Å². The fourth-order valence-corrected chi connectivity index (χ4v) is 3.26. The van der Waals surface area contributed by atoms with Crippen LogP contribution in [-0.2, 0) is 4.79 Å². The summed E-state index contributed by atoms with van der Waals surface area (Å²) in [6, 6.07) is 2.09. The molecule has 0 radical (unpaired) electrons. The predicted octanol–water partition coefficient (Wildman–Crippen LogP) is 1.59. The summed E-state index contributed by atoms with van der Waals surface area (Å²) in [5.41, 5.74) is 0. The molecule has 0 N–H and O–H groups in total. The summed E-state index contributed by atoms with van der Waals surface area (Å²) >= 11 is 0. The lowest BCUT2D eigenvalue weighted by atomic mass is 10.0. The minimum absolute atomic E-state index is 0.511. The molecule has 2 aliphatic heterocycles. The van der Waals surface area contributed by atoms with E-state index < -0.39 is 0 Å². The van der Waals surface area contributed by atoms with E-state index in [9.17, 15) is 4.79 Å². The first-order valence-corrected chi connectivity index (χ1v) is 5.55. The van der Waals surface area contributed by atoms with Gasteiger partial charge in [-0.2, -0.15) is 0 Å². The molecule has 0 spiro atoms. The van der Waals surface area contributed by atoms with Crippen molar-refractivity contribution in [3.05, 3.63) is 0 Å². The number of hydrogen-bond donors (Lipinski definition) is 0. The van der Waals surface area contributed by atoms with E-state index in [0.717, 1.165) is 24.8 Å². The average Bonchev–Trinajstić information content (AvgIpc) is 2.72. The summed E-state index contributed by atoms with van der Waals surface area (Å²) < 4.78 is 0. The number of carbonyl (C=O) groups excluding carboxylic acids is 1. The van der Waals surface area contributed by atoms with Crippen LogP contribution in [0.1, 0.15) is 39.0 Å². The number of ketones is 1. The number of hydrogen-bond acceptors (Lipinski definition) is 2. The Morgan fingerprint density at radius 1 is 1.23 bits per heavy atom. The van der Waals surface area contributed by atoms with E-state index >= 15 is 0 Å². The third-order valence-electron chi connectivity index (χ3n) is 4.05. The smallest absolute Gasteiger partial charge is 0.136 e. The SMILES string of the molecule is CC1CC1N1C2CCC1CC(=O)C2. The van der Waals surface area contributed by atoms with Crippen LogP contribution in [0.3, 0.4) is 0 Å².